The van der Waals surface area contributed by atoms with Crippen molar-refractivity contribution in [3.63, 3.8) is 0 Å². The van der Waals surface area contributed by atoms with E-state index in [1.165, 1.54) is 23.1 Å². The molecule has 1 aromatic heterocycles. The number of nitriles is 1. The van der Waals surface area contributed by atoms with Crippen molar-refractivity contribution in [3.8, 4) is 6.07 Å². The second-order valence-electron chi connectivity index (χ2n) is 11.7. The van der Waals surface area contributed by atoms with Gasteiger partial charge in [-0.05, 0) is 56.4 Å². The quantitative estimate of drug-likeness (QED) is 0.379. The molecule has 43 heavy (non-hydrogen) atoms. The molecule has 0 bridgehead atoms. The van der Waals surface area contributed by atoms with Crippen molar-refractivity contribution in [1.82, 2.24) is 15.1 Å². The van der Waals surface area contributed by atoms with Crippen LogP contribution in [0.4, 0.5) is 20.3 Å². The number of carbonyl (C=O) groups is 1. The largest absolute Gasteiger partial charge is 0.359 e. The van der Waals surface area contributed by atoms with Crippen LogP contribution in [0.2, 0.25) is 5.02 Å². The van der Waals surface area contributed by atoms with Crippen molar-refractivity contribution >= 4 is 38.9 Å². The molecule has 0 radical (unpaired) electrons. The van der Waals surface area contributed by atoms with E-state index in [0.29, 0.717) is 37.3 Å². The lowest BCUT2D eigenvalue weighted by Gasteiger charge is -2.40. The maximum absolute atomic E-state index is 14.0. The first kappa shape index (κ1) is 29.4. The molecule has 3 heterocycles. The molecular weight excluding hydrogens is 598 g/mol. The maximum atomic E-state index is 14.0. The normalized spacial score (nSPS) is 22.1. The van der Waals surface area contributed by atoms with Gasteiger partial charge >= 0.3 is 0 Å². The molecule has 3 aliphatic rings. The van der Waals surface area contributed by atoms with Gasteiger partial charge in [0.05, 0.1) is 40.0 Å². The molecule has 3 aromatic rings. The Hall–Kier alpha value is -3.69. The van der Waals surface area contributed by atoms with E-state index in [0.717, 1.165) is 11.3 Å². The van der Waals surface area contributed by atoms with E-state index in [1.54, 1.807) is 9.58 Å². The Balaban J connectivity index is 1.29. The van der Waals surface area contributed by atoms with E-state index in [4.69, 9.17) is 11.6 Å². The first-order chi connectivity index (χ1) is 20.4. The van der Waals surface area contributed by atoms with Gasteiger partial charge in [-0.2, -0.15) is 10.4 Å². The number of anilines is 2. The number of halogens is 3. The topological polar surface area (TPSA) is 111 Å². The molecular formula is C30H31ClF2N6O3S. The molecule has 0 unspecified atom stereocenters. The summed E-state index contributed by atoms with van der Waals surface area (Å²) in [5.41, 5.74) is 1.34. The maximum Gasteiger partial charge on any atom is 0.282 e. The van der Waals surface area contributed by atoms with Gasteiger partial charge in [0.25, 0.3) is 5.92 Å². The van der Waals surface area contributed by atoms with Crippen LogP contribution in [-0.4, -0.2) is 66.5 Å². The van der Waals surface area contributed by atoms with Crippen molar-refractivity contribution in [3.05, 3.63) is 70.9 Å². The first-order valence-corrected chi connectivity index (χ1v) is 16.1. The second-order valence-corrected chi connectivity index (χ2v) is 14.3. The highest BCUT2D eigenvalue weighted by Crippen LogP contribution is 2.39. The van der Waals surface area contributed by atoms with E-state index >= 15 is 0 Å². The zero-order valence-electron chi connectivity index (χ0n) is 23.5. The average Bonchev–Trinajstić information content (AvgIpc) is 3.40. The predicted octanol–water partition coefficient (Wildman–Crippen LogP) is 4.14. The molecule has 2 aliphatic heterocycles. The minimum absolute atomic E-state index is 0.00682. The number of nitrogens with one attached hydrogen (secondary N) is 1. The molecule has 2 aromatic carbocycles. The van der Waals surface area contributed by atoms with Crippen LogP contribution in [0.1, 0.15) is 30.5 Å². The zero-order valence-corrected chi connectivity index (χ0v) is 25.1. The fourth-order valence-corrected chi connectivity index (χ4v) is 8.07. The Labute approximate surface area is 253 Å². The van der Waals surface area contributed by atoms with Crippen LogP contribution in [0.25, 0.3) is 0 Å². The van der Waals surface area contributed by atoms with Crippen LogP contribution >= 0.6 is 11.6 Å². The Morgan fingerprint density at radius 1 is 1.16 bits per heavy atom. The zero-order chi connectivity index (χ0) is 30.6. The Bertz CT molecular complexity index is 1700. The molecule has 2 atom stereocenters. The van der Waals surface area contributed by atoms with Gasteiger partial charge in [-0.15, -0.1) is 0 Å². The number of nitrogens with zero attached hydrogens (tertiary/aromatic N) is 5. The SMILES string of the molecule is Cc1cc(N2C[C@H](S(=O)(=O)c3ccc(N4CC(F)(F)C4)cc3Cl)C[C@H]2C(=O)NC2(C#N)CC2)n(CCc2ccccc2)n1. The first-order valence-electron chi connectivity index (χ1n) is 14.1. The van der Waals surface area contributed by atoms with Gasteiger partial charge < -0.3 is 15.1 Å². The van der Waals surface area contributed by atoms with E-state index in [9.17, 15) is 27.3 Å². The van der Waals surface area contributed by atoms with Crippen molar-refractivity contribution in [2.24, 2.45) is 0 Å². The molecule has 6 rings (SSSR count). The summed E-state index contributed by atoms with van der Waals surface area (Å²) < 4.78 is 56.5. The van der Waals surface area contributed by atoms with Crippen LogP contribution < -0.4 is 15.1 Å². The number of alkyl halides is 2. The minimum Gasteiger partial charge on any atom is -0.359 e. The number of hydrogen-bond donors (Lipinski definition) is 1. The van der Waals surface area contributed by atoms with Crippen molar-refractivity contribution < 1.29 is 22.0 Å². The number of carbonyl (C=O) groups excluding carboxylic acids is 1. The molecule has 226 valence electrons. The minimum atomic E-state index is -4.04. The van der Waals surface area contributed by atoms with Crippen molar-refractivity contribution in [2.75, 3.05) is 29.4 Å². The smallest absolute Gasteiger partial charge is 0.282 e. The highest BCUT2D eigenvalue weighted by molar-refractivity contribution is 7.92. The van der Waals surface area contributed by atoms with Crippen LogP contribution in [0.3, 0.4) is 0 Å². The molecule has 13 heteroatoms. The summed E-state index contributed by atoms with van der Waals surface area (Å²) in [6, 6.07) is 17.3. The predicted molar refractivity (Wildman–Crippen MR) is 158 cm³/mol. The van der Waals surface area contributed by atoms with Crippen LogP contribution in [-0.2, 0) is 27.6 Å². The number of sulfone groups is 1. The van der Waals surface area contributed by atoms with Gasteiger partial charge in [0.15, 0.2) is 9.84 Å². The lowest BCUT2D eigenvalue weighted by Crippen LogP contribution is -2.56. The third-order valence-corrected chi connectivity index (χ3v) is 11.0. The summed E-state index contributed by atoms with van der Waals surface area (Å²) >= 11 is 6.45. The summed E-state index contributed by atoms with van der Waals surface area (Å²) in [7, 11) is -4.04. The number of amides is 1. The van der Waals surface area contributed by atoms with E-state index in [2.05, 4.69) is 16.5 Å². The fourth-order valence-electron chi connectivity index (χ4n) is 5.83. The summed E-state index contributed by atoms with van der Waals surface area (Å²) in [4.78, 5) is 16.7. The van der Waals surface area contributed by atoms with Crippen molar-refractivity contribution in [2.45, 2.75) is 66.8 Å². The van der Waals surface area contributed by atoms with Gasteiger partial charge in [0.2, 0.25) is 5.91 Å². The molecule has 1 aliphatic carbocycles. The number of aromatic nitrogens is 2. The van der Waals surface area contributed by atoms with Gasteiger partial charge in [-0.1, -0.05) is 41.9 Å². The molecule has 0 spiro atoms. The van der Waals surface area contributed by atoms with Crippen LogP contribution in [0, 0.1) is 18.3 Å². The molecule has 3 fully saturated rings. The van der Waals surface area contributed by atoms with E-state index < -0.39 is 51.6 Å². The van der Waals surface area contributed by atoms with Gasteiger partial charge in [0, 0.05) is 24.8 Å². The summed E-state index contributed by atoms with van der Waals surface area (Å²) in [5, 5.41) is 16.0. The third kappa shape index (κ3) is 5.80. The van der Waals surface area contributed by atoms with Crippen LogP contribution in [0.15, 0.2) is 59.5 Å². The average molecular weight is 629 g/mol. The monoisotopic (exact) mass is 628 g/mol. The van der Waals surface area contributed by atoms with Crippen molar-refractivity contribution in [1.29, 1.82) is 5.26 Å². The molecule has 1 saturated carbocycles. The van der Waals surface area contributed by atoms with Gasteiger partial charge in [-0.25, -0.2) is 21.9 Å². The fraction of sp³-hybridized carbons (Fsp3) is 0.433. The lowest BCUT2D eigenvalue weighted by atomic mass is 10.1. The number of hydrogen-bond acceptors (Lipinski definition) is 7. The summed E-state index contributed by atoms with van der Waals surface area (Å²) in [6.45, 7) is 1.45. The molecule has 9 nitrogen and oxygen atoms in total. The van der Waals surface area contributed by atoms with Crippen LogP contribution in [0.5, 0.6) is 0 Å². The lowest BCUT2D eigenvalue weighted by molar-refractivity contribution is -0.122. The highest BCUT2D eigenvalue weighted by atomic mass is 35.5. The van der Waals surface area contributed by atoms with E-state index in [-0.39, 0.29) is 22.9 Å². The number of aryl methyl sites for hydroxylation is 3. The molecule has 2 saturated heterocycles. The Morgan fingerprint density at radius 3 is 2.51 bits per heavy atom. The molecule has 1 N–H and O–H groups in total. The summed E-state index contributed by atoms with van der Waals surface area (Å²) in [5.74, 6) is -2.57. The number of rotatable bonds is 9. The summed E-state index contributed by atoms with van der Waals surface area (Å²) in [6.07, 6.45) is 1.75. The molecule has 1 amide bonds. The van der Waals surface area contributed by atoms with Gasteiger partial charge in [0.1, 0.15) is 17.4 Å². The highest BCUT2D eigenvalue weighted by Gasteiger charge is 2.50. The Morgan fingerprint density at radius 2 is 1.88 bits per heavy atom. The second kappa shape index (κ2) is 10.8. The number of benzene rings is 2. The van der Waals surface area contributed by atoms with E-state index in [1.807, 2.05) is 43.3 Å². The standard InChI is InChI=1S/C30H31ClF2N6O3S/c1-20-13-27(39(36-20)12-9-21-5-3-2-4-6-21)38-16-23(15-25(38)28(40)35-29(17-34)10-11-29)43(41,42)26-8-7-22(14-24(26)31)37-18-30(32,33)19-37/h2-8,13-14,23,25H,9-12,15-16,18-19H2,1H3,(H,35,40)/t23-,25+/m1/s1. The third-order valence-electron chi connectivity index (χ3n) is 8.39. The Kier molecular flexibility index (Phi) is 7.37. The van der Waals surface area contributed by atoms with Gasteiger partial charge in [-0.3, -0.25) is 4.79 Å².